The van der Waals surface area contributed by atoms with E-state index >= 15 is 0 Å². The molecule has 0 bridgehead atoms. The van der Waals surface area contributed by atoms with Crippen LogP contribution < -0.4 is 5.32 Å². The van der Waals surface area contributed by atoms with Crippen LogP contribution in [-0.2, 0) is 16.6 Å². The third-order valence-electron chi connectivity index (χ3n) is 3.75. The van der Waals surface area contributed by atoms with Gasteiger partial charge in [-0.15, -0.1) is 0 Å². The van der Waals surface area contributed by atoms with Gasteiger partial charge in [0.2, 0.25) is 10.0 Å². The van der Waals surface area contributed by atoms with E-state index in [0.29, 0.717) is 18.7 Å². The zero-order valence-corrected chi connectivity index (χ0v) is 14.0. The van der Waals surface area contributed by atoms with E-state index in [1.165, 1.54) is 16.7 Å². The molecule has 9 heteroatoms. The SMILES string of the molecule is N#Cc1cnc(C(=O)Nc2cccc(CN3CCCS3(=O)=O)c2)cn1. The van der Waals surface area contributed by atoms with Crippen LogP contribution in [0.4, 0.5) is 5.69 Å². The standard InChI is InChI=1S/C16H15N5O3S/c17-8-14-9-19-15(10-18-14)16(22)20-13-4-1-3-12(7-13)11-21-5-2-6-25(21,23)24/h1,3-4,7,9-10H,2,5-6,11H2,(H,20,22). The minimum Gasteiger partial charge on any atom is -0.321 e. The van der Waals surface area contributed by atoms with Crippen molar-refractivity contribution in [1.29, 1.82) is 5.26 Å². The lowest BCUT2D eigenvalue weighted by molar-refractivity contribution is 0.102. The van der Waals surface area contributed by atoms with Crippen LogP contribution in [0.1, 0.15) is 28.2 Å². The third-order valence-corrected chi connectivity index (χ3v) is 5.65. The van der Waals surface area contributed by atoms with Gasteiger partial charge in [-0.2, -0.15) is 9.57 Å². The topological polar surface area (TPSA) is 116 Å². The van der Waals surface area contributed by atoms with Crippen molar-refractivity contribution in [2.75, 3.05) is 17.6 Å². The lowest BCUT2D eigenvalue weighted by Gasteiger charge is -2.15. The monoisotopic (exact) mass is 357 g/mol. The van der Waals surface area contributed by atoms with E-state index < -0.39 is 15.9 Å². The summed E-state index contributed by atoms with van der Waals surface area (Å²) in [7, 11) is -3.17. The molecule has 0 aliphatic carbocycles. The Labute approximate surface area is 145 Å². The summed E-state index contributed by atoms with van der Waals surface area (Å²) in [6.07, 6.45) is 3.09. The molecule has 1 N–H and O–H groups in total. The summed E-state index contributed by atoms with van der Waals surface area (Å²) in [5.74, 6) is -0.274. The quantitative estimate of drug-likeness (QED) is 0.877. The second-order valence-electron chi connectivity index (χ2n) is 5.56. The molecule has 1 aromatic heterocycles. The molecule has 1 saturated heterocycles. The van der Waals surface area contributed by atoms with E-state index in [0.717, 1.165) is 5.56 Å². The van der Waals surface area contributed by atoms with Crippen molar-refractivity contribution in [1.82, 2.24) is 14.3 Å². The highest BCUT2D eigenvalue weighted by molar-refractivity contribution is 7.89. The van der Waals surface area contributed by atoms with E-state index in [2.05, 4.69) is 15.3 Å². The van der Waals surface area contributed by atoms with Gasteiger partial charge < -0.3 is 5.32 Å². The Bertz CT molecular complexity index is 935. The molecule has 1 aromatic carbocycles. The van der Waals surface area contributed by atoms with Gasteiger partial charge in [0.15, 0.2) is 5.69 Å². The zero-order chi connectivity index (χ0) is 17.9. The maximum atomic E-state index is 12.2. The largest absolute Gasteiger partial charge is 0.321 e. The maximum absolute atomic E-state index is 12.2. The molecule has 1 fully saturated rings. The van der Waals surface area contributed by atoms with Crippen LogP contribution >= 0.6 is 0 Å². The smallest absolute Gasteiger partial charge is 0.275 e. The Morgan fingerprint density at radius 1 is 1.32 bits per heavy atom. The minimum atomic E-state index is -3.17. The summed E-state index contributed by atoms with van der Waals surface area (Å²) in [5, 5.41) is 11.4. The second-order valence-corrected chi connectivity index (χ2v) is 7.64. The van der Waals surface area contributed by atoms with E-state index in [1.807, 2.05) is 12.1 Å². The Morgan fingerprint density at radius 3 is 2.80 bits per heavy atom. The molecule has 3 rings (SSSR count). The number of hydrogen-bond donors (Lipinski definition) is 1. The molecule has 0 atom stereocenters. The number of hydrogen-bond acceptors (Lipinski definition) is 6. The second kappa shape index (κ2) is 6.96. The number of carbonyl (C=O) groups excluding carboxylic acids is 1. The highest BCUT2D eigenvalue weighted by Gasteiger charge is 2.27. The highest BCUT2D eigenvalue weighted by Crippen LogP contribution is 2.19. The number of benzene rings is 1. The van der Waals surface area contributed by atoms with Crippen molar-refractivity contribution >= 4 is 21.6 Å². The van der Waals surface area contributed by atoms with Crippen LogP contribution in [0.25, 0.3) is 0 Å². The minimum absolute atomic E-state index is 0.0894. The summed E-state index contributed by atoms with van der Waals surface area (Å²) >= 11 is 0. The van der Waals surface area contributed by atoms with Crippen molar-refractivity contribution in [2.24, 2.45) is 0 Å². The molecule has 1 aliphatic rings. The van der Waals surface area contributed by atoms with Gasteiger partial charge in [-0.25, -0.2) is 18.4 Å². The number of sulfonamides is 1. The van der Waals surface area contributed by atoms with Gasteiger partial charge in [0.25, 0.3) is 5.91 Å². The first-order chi connectivity index (χ1) is 12.0. The fourth-order valence-electron chi connectivity index (χ4n) is 2.52. The number of nitriles is 1. The summed E-state index contributed by atoms with van der Waals surface area (Å²) in [4.78, 5) is 19.9. The van der Waals surface area contributed by atoms with Gasteiger partial charge in [0, 0.05) is 18.8 Å². The predicted molar refractivity (Wildman–Crippen MR) is 90.0 cm³/mol. The first-order valence-corrected chi connectivity index (χ1v) is 9.19. The summed E-state index contributed by atoms with van der Waals surface area (Å²) in [6, 6.07) is 8.82. The van der Waals surface area contributed by atoms with Crippen LogP contribution in [0, 0.1) is 11.3 Å². The molecule has 1 amide bonds. The Morgan fingerprint density at radius 2 is 2.16 bits per heavy atom. The van der Waals surface area contributed by atoms with Crippen LogP contribution in [0.15, 0.2) is 36.7 Å². The average Bonchev–Trinajstić information content (AvgIpc) is 2.93. The van der Waals surface area contributed by atoms with Crippen molar-refractivity contribution in [3.63, 3.8) is 0 Å². The number of amides is 1. The van der Waals surface area contributed by atoms with E-state index in [4.69, 9.17) is 5.26 Å². The van der Waals surface area contributed by atoms with Gasteiger partial charge in [0.1, 0.15) is 11.8 Å². The van der Waals surface area contributed by atoms with E-state index in [9.17, 15) is 13.2 Å². The van der Waals surface area contributed by atoms with E-state index in [1.54, 1.807) is 18.2 Å². The molecule has 2 aromatic rings. The van der Waals surface area contributed by atoms with E-state index in [-0.39, 0.29) is 23.7 Å². The number of carbonyl (C=O) groups is 1. The van der Waals surface area contributed by atoms with Crippen molar-refractivity contribution in [3.8, 4) is 6.07 Å². The number of rotatable bonds is 4. The molecule has 128 valence electrons. The Kier molecular flexibility index (Phi) is 4.74. The number of nitrogens with zero attached hydrogens (tertiary/aromatic N) is 4. The van der Waals surface area contributed by atoms with Crippen molar-refractivity contribution < 1.29 is 13.2 Å². The van der Waals surface area contributed by atoms with Gasteiger partial charge in [-0.1, -0.05) is 12.1 Å². The normalized spacial score (nSPS) is 16.3. The van der Waals surface area contributed by atoms with Crippen LogP contribution in [0.2, 0.25) is 0 Å². The van der Waals surface area contributed by atoms with Gasteiger partial charge >= 0.3 is 0 Å². The summed E-state index contributed by atoms with van der Waals surface area (Å²) in [5.41, 5.74) is 1.54. The maximum Gasteiger partial charge on any atom is 0.275 e. The lowest BCUT2D eigenvalue weighted by Crippen LogP contribution is -2.25. The molecule has 8 nitrogen and oxygen atoms in total. The average molecular weight is 357 g/mol. The lowest BCUT2D eigenvalue weighted by atomic mass is 10.2. The number of aromatic nitrogens is 2. The van der Waals surface area contributed by atoms with Gasteiger partial charge in [0.05, 0.1) is 18.1 Å². The molecule has 1 aliphatic heterocycles. The predicted octanol–water partition coefficient (Wildman–Crippen LogP) is 1.14. The molecule has 0 saturated carbocycles. The number of anilines is 1. The van der Waals surface area contributed by atoms with Crippen molar-refractivity contribution in [3.05, 3.63) is 53.6 Å². The Balaban J connectivity index is 1.71. The zero-order valence-electron chi connectivity index (χ0n) is 13.2. The van der Waals surface area contributed by atoms with Crippen molar-refractivity contribution in [2.45, 2.75) is 13.0 Å². The van der Waals surface area contributed by atoms with Crippen LogP contribution in [0.3, 0.4) is 0 Å². The molecule has 2 heterocycles. The summed E-state index contributed by atoms with van der Waals surface area (Å²) < 4.78 is 25.2. The molecule has 0 spiro atoms. The highest BCUT2D eigenvalue weighted by atomic mass is 32.2. The fourth-order valence-corrected chi connectivity index (χ4v) is 4.02. The van der Waals surface area contributed by atoms with Crippen LogP contribution in [0.5, 0.6) is 0 Å². The first kappa shape index (κ1) is 17.0. The molecular formula is C16H15N5O3S. The summed E-state index contributed by atoms with van der Waals surface area (Å²) in [6.45, 7) is 0.794. The first-order valence-electron chi connectivity index (χ1n) is 7.58. The fraction of sp³-hybridized carbons (Fsp3) is 0.250. The van der Waals surface area contributed by atoms with Crippen LogP contribution in [-0.4, -0.2) is 40.9 Å². The Hall–Kier alpha value is -2.83. The molecule has 0 radical (unpaired) electrons. The molecular weight excluding hydrogens is 342 g/mol. The molecule has 25 heavy (non-hydrogen) atoms. The molecule has 0 unspecified atom stereocenters. The van der Waals surface area contributed by atoms with Gasteiger partial charge in [-0.3, -0.25) is 4.79 Å². The van der Waals surface area contributed by atoms with Gasteiger partial charge in [-0.05, 0) is 24.1 Å². The number of nitrogens with one attached hydrogen (secondary N) is 1. The third kappa shape index (κ3) is 3.99.